The molecule has 0 bridgehead atoms. The van der Waals surface area contributed by atoms with E-state index in [1.165, 1.54) is 24.8 Å². The molecule has 1 aliphatic rings. The first kappa shape index (κ1) is 15.3. The molecule has 0 aromatic heterocycles. The van der Waals surface area contributed by atoms with E-state index in [-0.39, 0.29) is 0 Å². The SMILES string of the molecule is CCOC1CC(CC(Cc2ccc(OC)cc2)NC)C1. The number of nitrogens with one attached hydrogen (secondary N) is 1. The predicted molar refractivity (Wildman–Crippen MR) is 82.3 cm³/mol. The third kappa shape index (κ3) is 4.22. The number of rotatable bonds is 8. The van der Waals surface area contributed by atoms with Gasteiger partial charge in [0.2, 0.25) is 0 Å². The lowest BCUT2D eigenvalue weighted by molar-refractivity contribution is -0.0288. The topological polar surface area (TPSA) is 30.5 Å². The highest BCUT2D eigenvalue weighted by Crippen LogP contribution is 2.34. The van der Waals surface area contributed by atoms with Crippen LogP contribution in [0.25, 0.3) is 0 Å². The number of hydrogen-bond acceptors (Lipinski definition) is 3. The van der Waals surface area contributed by atoms with Gasteiger partial charge in [-0.1, -0.05) is 12.1 Å². The molecule has 0 heterocycles. The number of ether oxygens (including phenoxy) is 2. The van der Waals surface area contributed by atoms with E-state index in [0.29, 0.717) is 12.1 Å². The Morgan fingerprint density at radius 2 is 1.95 bits per heavy atom. The van der Waals surface area contributed by atoms with Crippen LogP contribution >= 0.6 is 0 Å². The molecule has 1 aromatic rings. The number of benzene rings is 1. The summed E-state index contributed by atoms with van der Waals surface area (Å²) < 4.78 is 10.8. The second-order valence-electron chi connectivity index (χ2n) is 5.69. The van der Waals surface area contributed by atoms with E-state index in [2.05, 4.69) is 31.4 Å². The zero-order chi connectivity index (χ0) is 14.4. The summed E-state index contributed by atoms with van der Waals surface area (Å²) in [4.78, 5) is 0. The summed E-state index contributed by atoms with van der Waals surface area (Å²) in [6.07, 6.45) is 5.30. The van der Waals surface area contributed by atoms with Crippen LogP contribution in [0.2, 0.25) is 0 Å². The maximum Gasteiger partial charge on any atom is 0.118 e. The Morgan fingerprint density at radius 1 is 1.25 bits per heavy atom. The van der Waals surface area contributed by atoms with Gasteiger partial charge in [0, 0.05) is 12.6 Å². The van der Waals surface area contributed by atoms with E-state index in [1.807, 2.05) is 12.1 Å². The van der Waals surface area contributed by atoms with Crippen molar-refractivity contribution in [2.24, 2.45) is 5.92 Å². The first-order valence-electron chi connectivity index (χ1n) is 7.67. The summed E-state index contributed by atoms with van der Waals surface area (Å²) >= 11 is 0. The average Bonchev–Trinajstić information content (AvgIpc) is 2.44. The number of hydrogen-bond donors (Lipinski definition) is 1. The zero-order valence-corrected chi connectivity index (χ0v) is 12.9. The molecule has 1 saturated carbocycles. The van der Waals surface area contributed by atoms with Gasteiger partial charge in [0.1, 0.15) is 5.75 Å². The number of methoxy groups -OCH3 is 1. The Labute approximate surface area is 122 Å². The monoisotopic (exact) mass is 277 g/mol. The van der Waals surface area contributed by atoms with Crippen LogP contribution in [-0.4, -0.2) is 32.9 Å². The fraction of sp³-hybridized carbons (Fsp3) is 0.647. The molecule has 0 amide bonds. The second-order valence-corrected chi connectivity index (χ2v) is 5.69. The van der Waals surface area contributed by atoms with Gasteiger partial charge in [-0.3, -0.25) is 0 Å². The van der Waals surface area contributed by atoms with Gasteiger partial charge >= 0.3 is 0 Å². The van der Waals surface area contributed by atoms with Crippen LogP contribution in [0.1, 0.15) is 31.7 Å². The summed E-state index contributed by atoms with van der Waals surface area (Å²) in [5, 5.41) is 3.45. The molecule has 0 saturated heterocycles. The van der Waals surface area contributed by atoms with Crippen LogP contribution in [0, 0.1) is 5.92 Å². The lowest BCUT2D eigenvalue weighted by Gasteiger charge is -2.37. The molecule has 1 atom stereocenters. The molecule has 0 spiro atoms. The summed E-state index contributed by atoms with van der Waals surface area (Å²) in [6.45, 7) is 2.92. The zero-order valence-electron chi connectivity index (χ0n) is 12.9. The van der Waals surface area contributed by atoms with Crippen molar-refractivity contribution in [3.63, 3.8) is 0 Å². The highest BCUT2D eigenvalue weighted by molar-refractivity contribution is 5.27. The van der Waals surface area contributed by atoms with Gasteiger partial charge in [-0.2, -0.15) is 0 Å². The summed E-state index contributed by atoms with van der Waals surface area (Å²) in [7, 11) is 3.77. The second kappa shape index (κ2) is 7.65. The Bertz CT molecular complexity index is 384. The van der Waals surface area contributed by atoms with Gasteiger partial charge in [-0.15, -0.1) is 0 Å². The van der Waals surface area contributed by atoms with Crippen molar-refractivity contribution in [1.29, 1.82) is 0 Å². The Morgan fingerprint density at radius 3 is 2.50 bits per heavy atom. The van der Waals surface area contributed by atoms with Crippen molar-refractivity contribution in [3.05, 3.63) is 29.8 Å². The van der Waals surface area contributed by atoms with Crippen LogP contribution in [0.5, 0.6) is 5.75 Å². The van der Waals surface area contributed by atoms with Crippen LogP contribution in [-0.2, 0) is 11.2 Å². The Hall–Kier alpha value is -1.06. The fourth-order valence-corrected chi connectivity index (χ4v) is 2.99. The number of likely N-dealkylation sites (N-methyl/N-ethyl adjacent to an activating group) is 1. The minimum Gasteiger partial charge on any atom is -0.497 e. The molecule has 20 heavy (non-hydrogen) atoms. The van der Waals surface area contributed by atoms with E-state index in [9.17, 15) is 0 Å². The molecule has 1 N–H and O–H groups in total. The minimum atomic E-state index is 0.517. The van der Waals surface area contributed by atoms with E-state index in [4.69, 9.17) is 9.47 Å². The van der Waals surface area contributed by atoms with Gasteiger partial charge < -0.3 is 14.8 Å². The molecular weight excluding hydrogens is 250 g/mol. The predicted octanol–water partition coefficient (Wildman–Crippen LogP) is 3.03. The van der Waals surface area contributed by atoms with Crippen molar-refractivity contribution in [2.75, 3.05) is 20.8 Å². The molecule has 1 aromatic carbocycles. The van der Waals surface area contributed by atoms with Gasteiger partial charge in [-0.05, 0) is 63.3 Å². The first-order chi connectivity index (χ1) is 9.75. The highest BCUT2D eigenvalue weighted by atomic mass is 16.5. The van der Waals surface area contributed by atoms with Gasteiger partial charge in [0.05, 0.1) is 13.2 Å². The van der Waals surface area contributed by atoms with Crippen molar-refractivity contribution in [1.82, 2.24) is 5.32 Å². The molecule has 1 fully saturated rings. The molecule has 1 aliphatic carbocycles. The normalized spacial score (nSPS) is 23.1. The van der Waals surface area contributed by atoms with Gasteiger partial charge in [0.25, 0.3) is 0 Å². The molecule has 3 heteroatoms. The average molecular weight is 277 g/mol. The lowest BCUT2D eigenvalue weighted by atomic mass is 9.77. The molecule has 2 rings (SSSR count). The van der Waals surface area contributed by atoms with Crippen LogP contribution < -0.4 is 10.1 Å². The van der Waals surface area contributed by atoms with Crippen LogP contribution in [0.3, 0.4) is 0 Å². The maximum atomic E-state index is 5.63. The van der Waals surface area contributed by atoms with Crippen molar-refractivity contribution < 1.29 is 9.47 Å². The molecular formula is C17H27NO2. The molecule has 112 valence electrons. The Kier molecular flexibility index (Phi) is 5.86. The summed E-state index contributed by atoms with van der Waals surface area (Å²) in [6, 6.07) is 8.95. The Balaban J connectivity index is 1.77. The van der Waals surface area contributed by atoms with Crippen molar-refractivity contribution >= 4 is 0 Å². The largest absolute Gasteiger partial charge is 0.497 e. The molecule has 0 radical (unpaired) electrons. The van der Waals surface area contributed by atoms with Crippen molar-refractivity contribution in [2.45, 2.75) is 44.8 Å². The van der Waals surface area contributed by atoms with E-state index in [0.717, 1.165) is 24.7 Å². The van der Waals surface area contributed by atoms with Crippen molar-refractivity contribution in [3.8, 4) is 5.75 Å². The first-order valence-corrected chi connectivity index (χ1v) is 7.67. The third-order valence-electron chi connectivity index (χ3n) is 4.26. The van der Waals surface area contributed by atoms with Crippen LogP contribution in [0.15, 0.2) is 24.3 Å². The van der Waals surface area contributed by atoms with E-state index in [1.54, 1.807) is 7.11 Å². The van der Waals surface area contributed by atoms with Gasteiger partial charge in [-0.25, -0.2) is 0 Å². The van der Waals surface area contributed by atoms with Gasteiger partial charge in [0.15, 0.2) is 0 Å². The summed E-state index contributed by atoms with van der Waals surface area (Å²) in [5.41, 5.74) is 1.37. The highest BCUT2D eigenvalue weighted by Gasteiger charge is 2.30. The quantitative estimate of drug-likeness (QED) is 0.792. The smallest absolute Gasteiger partial charge is 0.118 e. The fourth-order valence-electron chi connectivity index (χ4n) is 2.99. The maximum absolute atomic E-state index is 5.63. The summed E-state index contributed by atoms with van der Waals surface area (Å²) in [5.74, 6) is 1.75. The molecule has 0 aliphatic heterocycles. The van der Waals surface area contributed by atoms with Crippen LogP contribution in [0.4, 0.5) is 0 Å². The molecule has 1 unspecified atom stereocenters. The standard InChI is InChI=1S/C17H27NO2/c1-4-20-17-11-14(12-17)10-15(18-2)9-13-5-7-16(19-3)8-6-13/h5-8,14-15,17-18H,4,9-12H2,1-3H3. The minimum absolute atomic E-state index is 0.517. The van der Waals surface area contributed by atoms with E-state index >= 15 is 0 Å². The van der Waals surface area contributed by atoms with E-state index < -0.39 is 0 Å². The lowest BCUT2D eigenvalue weighted by Crippen LogP contribution is -2.38. The molecule has 3 nitrogen and oxygen atoms in total. The third-order valence-corrected chi connectivity index (χ3v) is 4.26.